The summed E-state index contributed by atoms with van der Waals surface area (Å²) in [6.45, 7) is 1.84. The Kier molecular flexibility index (Phi) is 4.06. The predicted molar refractivity (Wildman–Crippen MR) is 78.5 cm³/mol. The van der Waals surface area contributed by atoms with Gasteiger partial charge in [0.2, 0.25) is 10.0 Å². The monoisotopic (exact) mass is 291 g/mol. The smallest absolute Gasteiger partial charge is 0.244 e. The largest absolute Gasteiger partial charge is 0.384 e. The summed E-state index contributed by atoms with van der Waals surface area (Å²) in [6, 6.07) is 12.2. The summed E-state index contributed by atoms with van der Waals surface area (Å²) < 4.78 is 26.3. The molecule has 0 aliphatic rings. The highest BCUT2D eigenvalue weighted by atomic mass is 32.2. The predicted octanol–water partition coefficient (Wildman–Crippen LogP) is 2.05. The van der Waals surface area contributed by atoms with Crippen LogP contribution < -0.4 is 5.73 Å². The first-order valence-electron chi connectivity index (χ1n) is 6.17. The molecule has 0 fully saturated rings. The molecule has 0 spiro atoms. The summed E-state index contributed by atoms with van der Waals surface area (Å²) in [6.07, 6.45) is 1.28. The van der Waals surface area contributed by atoms with Gasteiger partial charge in [-0.2, -0.15) is 4.31 Å². The Morgan fingerprint density at radius 3 is 2.35 bits per heavy atom. The van der Waals surface area contributed by atoms with Gasteiger partial charge in [-0.25, -0.2) is 13.4 Å². The number of pyridine rings is 1. The molecule has 0 aliphatic heterocycles. The number of rotatable bonds is 4. The van der Waals surface area contributed by atoms with Crippen molar-refractivity contribution in [2.75, 3.05) is 12.8 Å². The maximum Gasteiger partial charge on any atom is 0.244 e. The average molecular weight is 291 g/mol. The van der Waals surface area contributed by atoms with Gasteiger partial charge in [-0.3, -0.25) is 0 Å². The van der Waals surface area contributed by atoms with Gasteiger partial charge in [0.15, 0.2) is 0 Å². The second-order valence-electron chi connectivity index (χ2n) is 4.53. The van der Waals surface area contributed by atoms with E-state index in [0.29, 0.717) is 5.82 Å². The van der Waals surface area contributed by atoms with Crippen molar-refractivity contribution in [1.82, 2.24) is 9.29 Å². The maximum atomic E-state index is 12.5. The van der Waals surface area contributed by atoms with Crippen LogP contribution in [-0.2, 0) is 10.0 Å². The standard InChI is InChI=1S/C14H17N3O2S/c1-11(12-6-4-3-5-7-12)17(2)20(18,19)13-8-9-14(15)16-10-13/h3-11H,1-2H3,(H2,15,16). The highest BCUT2D eigenvalue weighted by Crippen LogP contribution is 2.25. The van der Waals surface area contributed by atoms with E-state index in [-0.39, 0.29) is 10.9 Å². The Hall–Kier alpha value is -1.92. The molecule has 0 radical (unpaired) electrons. The summed E-state index contributed by atoms with van der Waals surface area (Å²) in [4.78, 5) is 3.97. The minimum atomic E-state index is -3.59. The molecule has 0 aliphatic carbocycles. The number of aromatic nitrogens is 1. The van der Waals surface area contributed by atoms with Gasteiger partial charge in [-0.1, -0.05) is 30.3 Å². The van der Waals surface area contributed by atoms with Gasteiger partial charge >= 0.3 is 0 Å². The number of benzene rings is 1. The molecule has 1 atom stereocenters. The highest BCUT2D eigenvalue weighted by Gasteiger charge is 2.26. The van der Waals surface area contributed by atoms with Crippen molar-refractivity contribution < 1.29 is 8.42 Å². The van der Waals surface area contributed by atoms with Crippen LogP contribution in [0.4, 0.5) is 5.82 Å². The van der Waals surface area contributed by atoms with Gasteiger partial charge in [0.1, 0.15) is 10.7 Å². The third-order valence-electron chi connectivity index (χ3n) is 3.26. The molecule has 5 nitrogen and oxygen atoms in total. The summed E-state index contributed by atoms with van der Waals surface area (Å²) in [5.74, 6) is 0.294. The van der Waals surface area contributed by atoms with Gasteiger partial charge < -0.3 is 5.73 Å². The number of sulfonamides is 1. The topological polar surface area (TPSA) is 76.3 Å². The molecular weight excluding hydrogens is 274 g/mol. The molecule has 0 bridgehead atoms. The maximum absolute atomic E-state index is 12.5. The lowest BCUT2D eigenvalue weighted by molar-refractivity contribution is 0.398. The van der Waals surface area contributed by atoms with Crippen molar-refractivity contribution in [1.29, 1.82) is 0 Å². The fraction of sp³-hybridized carbons (Fsp3) is 0.214. The molecule has 106 valence electrons. The fourth-order valence-corrected chi connectivity index (χ4v) is 3.16. The average Bonchev–Trinajstić information content (AvgIpc) is 2.47. The number of nitrogens with zero attached hydrogens (tertiary/aromatic N) is 2. The molecule has 1 aromatic carbocycles. The van der Waals surface area contributed by atoms with Crippen molar-refractivity contribution in [3.8, 4) is 0 Å². The summed E-state index contributed by atoms with van der Waals surface area (Å²) in [5, 5.41) is 0. The molecule has 0 saturated carbocycles. The molecule has 0 saturated heterocycles. The van der Waals surface area contributed by atoms with Gasteiger partial charge in [-0.15, -0.1) is 0 Å². The lowest BCUT2D eigenvalue weighted by Gasteiger charge is -2.24. The normalized spacial score (nSPS) is 13.3. The first-order valence-corrected chi connectivity index (χ1v) is 7.61. The van der Waals surface area contributed by atoms with Crippen LogP contribution in [0.3, 0.4) is 0 Å². The number of nitrogen functional groups attached to an aromatic ring is 1. The molecule has 6 heteroatoms. The lowest BCUT2D eigenvalue weighted by Crippen LogP contribution is -2.29. The highest BCUT2D eigenvalue weighted by molar-refractivity contribution is 7.89. The van der Waals surface area contributed by atoms with Crippen LogP contribution in [0.5, 0.6) is 0 Å². The minimum absolute atomic E-state index is 0.136. The molecule has 2 rings (SSSR count). The Labute approximate surface area is 119 Å². The van der Waals surface area contributed by atoms with E-state index in [2.05, 4.69) is 4.98 Å². The van der Waals surface area contributed by atoms with Crippen LogP contribution in [-0.4, -0.2) is 24.8 Å². The molecule has 2 aromatic rings. The Balaban J connectivity index is 2.32. The first kappa shape index (κ1) is 14.5. The third-order valence-corrected chi connectivity index (χ3v) is 5.18. The van der Waals surface area contributed by atoms with E-state index in [9.17, 15) is 8.42 Å². The van der Waals surface area contributed by atoms with Gasteiger partial charge in [0.05, 0.1) is 0 Å². The van der Waals surface area contributed by atoms with Crippen molar-refractivity contribution >= 4 is 15.8 Å². The number of hydrogen-bond donors (Lipinski definition) is 1. The quantitative estimate of drug-likeness (QED) is 0.935. The van der Waals surface area contributed by atoms with Gasteiger partial charge in [0.25, 0.3) is 0 Å². The number of anilines is 1. The zero-order valence-corrected chi connectivity index (χ0v) is 12.2. The first-order chi connectivity index (χ1) is 9.43. The molecule has 2 N–H and O–H groups in total. The van der Waals surface area contributed by atoms with Crippen LogP contribution in [0.1, 0.15) is 18.5 Å². The summed E-state index contributed by atoms with van der Waals surface area (Å²) in [7, 11) is -2.03. The second kappa shape index (κ2) is 5.60. The van der Waals surface area contributed by atoms with E-state index in [4.69, 9.17) is 5.73 Å². The van der Waals surface area contributed by atoms with Crippen LogP contribution in [0, 0.1) is 0 Å². The van der Waals surface area contributed by atoms with Crippen LogP contribution in [0.2, 0.25) is 0 Å². The molecule has 20 heavy (non-hydrogen) atoms. The van der Waals surface area contributed by atoms with Crippen molar-refractivity contribution in [3.63, 3.8) is 0 Å². The van der Waals surface area contributed by atoms with E-state index in [0.717, 1.165) is 5.56 Å². The number of hydrogen-bond acceptors (Lipinski definition) is 4. The van der Waals surface area contributed by atoms with Gasteiger partial charge in [-0.05, 0) is 24.6 Å². The van der Waals surface area contributed by atoms with E-state index < -0.39 is 10.0 Å². The van der Waals surface area contributed by atoms with Gasteiger partial charge in [0, 0.05) is 19.3 Å². The molecule has 1 heterocycles. The zero-order valence-electron chi connectivity index (χ0n) is 11.4. The van der Waals surface area contributed by atoms with E-state index in [1.54, 1.807) is 7.05 Å². The minimum Gasteiger partial charge on any atom is -0.384 e. The van der Waals surface area contributed by atoms with Crippen LogP contribution in [0.25, 0.3) is 0 Å². The van der Waals surface area contributed by atoms with Crippen molar-refractivity contribution in [3.05, 3.63) is 54.2 Å². The molecular formula is C14H17N3O2S. The lowest BCUT2D eigenvalue weighted by atomic mass is 10.1. The Morgan fingerprint density at radius 2 is 1.80 bits per heavy atom. The summed E-state index contributed by atoms with van der Waals surface area (Å²) >= 11 is 0. The number of nitrogens with two attached hydrogens (primary N) is 1. The Bertz CT molecular complexity index is 669. The summed E-state index contributed by atoms with van der Waals surface area (Å²) in [5.41, 5.74) is 6.41. The van der Waals surface area contributed by atoms with Crippen molar-refractivity contribution in [2.24, 2.45) is 0 Å². The third kappa shape index (κ3) is 2.81. The molecule has 0 amide bonds. The Morgan fingerprint density at radius 1 is 1.15 bits per heavy atom. The molecule has 1 unspecified atom stereocenters. The van der Waals surface area contributed by atoms with E-state index >= 15 is 0 Å². The zero-order chi connectivity index (χ0) is 14.8. The second-order valence-corrected chi connectivity index (χ2v) is 6.52. The van der Waals surface area contributed by atoms with E-state index in [1.165, 1.54) is 22.6 Å². The van der Waals surface area contributed by atoms with Crippen molar-refractivity contribution in [2.45, 2.75) is 17.9 Å². The SMILES string of the molecule is CC(c1ccccc1)N(C)S(=O)(=O)c1ccc(N)nc1. The van der Waals surface area contributed by atoms with Crippen LogP contribution >= 0.6 is 0 Å². The molecule has 1 aromatic heterocycles. The van der Waals surface area contributed by atoms with Crippen LogP contribution in [0.15, 0.2) is 53.6 Å². The fourth-order valence-electron chi connectivity index (χ4n) is 1.86. The van der Waals surface area contributed by atoms with E-state index in [1.807, 2.05) is 37.3 Å².